The average molecular weight is 281 g/mol. The molecule has 0 spiro atoms. The van der Waals surface area contributed by atoms with Crippen LogP contribution in [-0.4, -0.2) is 22.7 Å². The molecule has 0 fully saturated rings. The molecule has 110 valence electrons. The van der Waals surface area contributed by atoms with Crippen LogP contribution < -0.4 is 0 Å². The highest BCUT2D eigenvalue weighted by molar-refractivity contribution is 6.07. The molecule has 0 bridgehead atoms. The maximum Gasteiger partial charge on any atom is 0.0891 e. The van der Waals surface area contributed by atoms with E-state index in [2.05, 4.69) is 15.0 Å². The first-order chi connectivity index (χ1) is 10.2. The number of aliphatic imine (C=N–C) groups is 1. The molecule has 0 radical (unpaired) electrons. The normalized spacial score (nSPS) is 11.2. The zero-order chi connectivity index (χ0) is 15.7. The minimum Gasteiger partial charge on any atom is -0.286 e. The quantitative estimate of drug-likeness (QED) is 0.778. The lowest BCUT2D eigenvalue weighted by Crippen LogP contribution is -2.02. The van der Waals surface area contributed by atoms with E-state index >= 15 is 0 Å². The number of aromatic nitrogens is 2. The summed E-state index contributed by atoms with van der Waals surface area (Å²) in [5, 5.41) is 0. The van der Waals surface area contributed by atoms with Crippen LogP contribution in [0, 0.1) is 6.92 Å². The Labute approximate surface area is 127 Å². The van der Waals surface area contributed by atoms with Gasteiger partial charge in [-0.05, 0) is 44.2 Å². The van der Waals surface area contributed by atoms with Crippen LogP contribution in [0.25, 0.3) is 11.3 Å². The molecule has 0 unspecified atom stereocenters. The highest BCUT2D eigenvalue weighted by Crippen LogP contribution is 2.18. The molecule has 0 atom stereocenters. The molecule has 3 nitrogen and oxygen atoms in total. The third-order valence-electron chi connectivity index (χ3n) is 2.74. The van der Waals surface area contributed by atoms with Crippen LogP contribution in [0.3, 0.4) is 0 Å². The summed E-state index contributed by atoms with van der Waals surface area (Å²) in [6, 6.07) is 9.96. The van der Waals surface area contributed by atoms with Crippen molar-refractivity contribution in [2.75, 3.05) is 7.05 Å². The van der Waals surface area contributed by atoms with Gasteiger partial charge in [0, 0.05) is 24.5 Å². The van der Waals surface area contributed by atoms with Crippen molar-refractivity contribution in [1.82, 2.24) is 9.97 Å². The van der Waals surface area contributed by atoms with Gasteiger partial charge in [0.1, 0.15) is 0 Å². The molecule has 3 heteroatoms. The van der Waals surface area contributed by atoms with Crippen LogP contribution in [0.15, 0.2) is 53.7 Å². The van der Waals surface area contributed by atoms with E-state index in [0.29, 0.717) is 0 Å². The SMILES string of the molecule is C/C=C\C(=NC)c1cc(-c2ccccn2)cc(C)n1.CC. The Bertz CT molecular complexity index is 614. The molecular formula is C18H23N3. The largest absolute Gasteiger partial charge is 0.286 e. The summed E-state index contributed by atoms with van der Waals surface area (Å²) < 4.78 is 0. The van der Waals surface area contributed by atoms with Gasteiger partial charge in [0.2, 0.25) is 0 Å². The molecule has 0 amide bonds. The first-order valence-corrected chi connectivity index (χ1v) is 7.24. The van der Waals surface area contributed by atoms with Gasteiger partial charge in [-0.3, -0.25) is 15.0 Å². The number of pyridine rings is 2. The first-order valence-electron chi connectivity index (χ1n) is 7.24. The standard InChI is InChI=1S/C16H17N3.C2H6/c1-4-7-15(17-3)16-11-13(10-12(2)19-16)14-8-5-6-9-18-14;1-2/h4-11H,1-3H3;1-2H3/b7-4-,17-15?;. The molecule has 2 heterocycles. The van der Waals surface area contributed by atoms with E-state index in [9.17, 15) is 0 Å². The Kier molecular flexibility index (Phi) is 7.02. The molecule has 2 rings (SSSR count). The second-order valence-electron chi connectivity index (χ2n) is 4.21. The van der Waals surface area contributed by atoms with Gasteiger partial charge in [0.15, 0.2) is 0 Å². The van der Waals surface area contributed by atoms with E-state index in [-0.39, 0.29) is 0 Å². The van der Waals surface area contributed by atoms with Gasteiger partial charge in [-0.2, -0.15) is 0 Å². The van der Waals surface area contributed by atoms with Crippen LogP contribution in [0.5, 0.6) is 0 Å². The highest BCUT2D eigenvalue weighted by Gasteiger charge is 2.06. The fraction of sp³-hybridized carbons (Fsp3) is 0.278. The van der Waals surface area contributed by atoms with Crippen molar-refractivity contribution < 1.29 is 0 Å². The van der Waals surface area contributed by atoms with E-state index in [0.717, 1.165) is 28.4 Å². The fourth-order valence-electron chi connectivity index (χ4n) is 1.91. The monoisotopic (exact) mass is 281 g/mol. The van der Waals surface area contributed by atoms with Crippen molar-refractivity contribution in [3.63, 3.8) is 0 Å². The Hall–Kier alpha value is -2.29. The zero-order valence-corrected chi connectivity index (χ0v) is 13.5. The minimum atomic E-state index is 0.876. The van der Waals surface area contributed by atoms with Crippen LogP contribution in [0.1, 0.15) is 32.2 Å². The number of aryl methyl sites for hydroxylation is 1. The lowest BCUT2D eigenvalue weighted by Gasteiger charge is -2.06. The van der Waals surface area contributed by atoms with Crippen molar-refractivity contribution >= 4 is 5.71 Å². The average Bonchev–Trinajstić information content (AvgIpc) is 2.54. The number of rotatable bonds is 3. The Balaban J connectivity index is 0.00000106. The number of allylic oxidation sites excluding steroid dienone is 2. The van der Waals surface area contributed by atoms with E-state index in [1.54, 1.807) is 13.2 Å². The predicted molar refractivity (Wildman–Crippen MR) is 90.8 cm³/mol. The van der Waals surface area contributed by atoms with Gasteiger partial charge >= 0.3 is 0 Å². The van der Waals surface area contributed by atoms with Crippen LogP contribution in [0.4, 0.5) is 0 Å². The number of hydrogen-bond acceptors (Lipinski definition) is 3. The maximum atomic E-state index is 4.54. The second kappa shape index (κ2) is 8.80. The molecule has 0 N–H and O–H groups in total. The van der Waals surface area contributed by atoms with E-state index in [1.807, 2.05) is 70.2 Å². The zero-order valence-electron chi connectivity index (χ0n) is 13.5. The number of hydrogen-bond donors (Lipinski definition) is 0. The molecule has 2 aromatic rings. The van der Waals surface area contributed by atoms with Crippen molar-refractivity contribution in [3.05, 3.63) is 60.1 Å². The Morgan fingerprint density at radius 1 is 1.19 bits per heavy atom. The summed E-state index contributed by atoms with van der Waals surface area (Å²) in [5.41, 5.74) is 4.73. The molecule has 0 saturated carbocycles. The van der Waals surface area contributed by atoms with Crippen molar-refractivity contribution in [2.24, 2.45) is 4.99 Å². The minimum absolute atomic E-state index is 0.876. The summed E-state index contributed by atoms with van der Waals surface area (Å²) >= 11 is 0. The summed E-state index contributed by atoms with van der Waals surface area (Å²) in [6.07, 6.45) is 5.72. The second-order valence-corrected chi connectivity index (χ2v) is 4.21. The highest BCUT2D eigenvalue weighted by atomic mass is 14.8. The fourth-order valence-corrected chi connectivity index (χ4v) is 1.91. The van der Waals surface area contributed by atoms with Crippen molar-refractivity contribution in [2.45, 2.75) is 27.7 Å². The molecule has 21 heavy (non-hydrogen) atoms. The summed E-state index contributed by atoms with van der Waals surface area (Å²) in [4.78, 5) is 13.2. The van der Waals surface area contributed by atoms with Crippen molar-refractivity contribution in [1.29, 1.82) is 0 Å². The summed E-state index contributed by atoms with van der Waals surface area (Å²) in [6.45, 7) is 7.96. The number of nitrogens with zero attached hydrogens (tertiary/aromatic N) is 3. The molecule has 0 saturated heterocycles. The molecule has 0 aliphatic heterocycles. The van der Waals surface area contributed by atoms with Gasteiger partial charge < -0.3 is 0 Å². The van der Waals surface area contributed by atoms with Gasteiger partial charge in [-0.25, -0.2) is 0 Å². The topological polar surface area (TPSA) is 38.1 Å². The van der Waals surface area contributed by atoms with Gasteiger partial charge in [0.05, 0.1) is 17.1 Å². The van der Waals surface area contributed by atoms with Crippen molar-refractivity contribution in [3.8, 4) is 11.3 Å². The molecule has 0 aromatic carbocycles. The van der Waals surface area contributed by atoms with Gasteiger partial charge in [-0.1, -0.05) is 26.0 Å². The third-order valence-corrected chi connectivity index (χ3v) is 2.74. The van der Waals surface area contributed by atoms with Crippen LogP contribution in [0.2, 0.25) is 0 Å². The van der Waals surface area contributed by atoms with E-state index < -0.39 is 0 Å². The van der Waals surface area contributed by atoms with E-state index in [4.69, 9.17) is 0 Å². The maximum absolute atomic E-state index is 4.54. The lowest BCUT2D eigenvalue weighted by molar-refractivity contribution is 1.17. The summed E-state index contributed by atoms with van der Waals surface area (Å²) in [5.74, 6) is 0. The van der Waals surface area contributed by atoms with Crippen LogP contribution in [-0.2, 0) is 0 Å². The van der Waals surface area contributed by atoms with E-state index in [1.165, 1.54) is 0 Å². The van der Waals surface area contributed by atoms with Crippen LogP contribution >= 0.6 is 0 Å². The smallest absolute Gasteiger partial charge is 0.0891 e. The Morgan fingerprint density at radius 2 is 1.95 bits per heavy atom. The molecular weight excluding hydrogens is 258 g/mol. The van der Waals surface area contributed by atoms with Gasteiger partial charge in [-0.15, -0.1) is 0 Å². The molecule has 0 aliphatic rings. The Morgan fingerprint density at radius 3 is 2.52 bits per heavy atom. The molecule has 2 aromatic heterocycles. The predicted octanol–water partition coefficient (Wildman–Crippen LogP) is 4.47. The lowest BCUT2D eigenvalue weighted by atomic mass is 10.1. The van der Waals surface area contributed by atoms with Gasteiger partial charge in [0.25, 0.3) is 0 Å². The molecule has 0 aliphatic carbocycles. The third kappa shape index (κ3) is 4.63. The first kappa shape index (κ1) is 16.8. The summed E-state index contributed by atoms with van der Waals surface area (Å²) in [7, 11) is 1.78.